The molecule has 0 amide bonds. The van der Waals surface area contributed by atoms with Crippen molar-refractivity contribution in [2.24, 2.45) is 5.73 Å². The molecule has 0 aliphatic heterocycles. The molecule has 1 aromatic rings. The summed E-state index contributed by atoms with van der Waals surface area (Å²) in [5.41, 5.74) is 7.34. The fraction of sp³-hybridized carbons (Fsp3) is 0.538. The highest BCUT2D eigenvalue weighted by molar-refractivity contribution is 5.23. The fourth-order valence-electron chi connectivity index (χ4n) is 1.69. The Balaban J connectivity index is 2.40. The molecule has 1 nitrogen and oxygen atoms in total. The van der Waals surface area contributed by atoms with Gasteiger partial charge in [0.1, 0.15) is 6.04 Å². The zero-order valence-corrected chi connectivity index (χ0v) is 9.93. The smallest absolute Gasteiger partial charge is 0.320 e. The lowest BCUT2D eigenvalue weighted by molar-refractivity contribution is -0.149. The van der Waals surface area contributed by atoms with Crippen LogP contribution < -0.4 is 5.73 Å². The third-order valence-corrected chi connectivity index (χ3v) is 2.80. The standard InChI is InChI=1S/C13H18F3N/c1-2-10-5-3-6-11(9-10)7-4-8-12(17)13(14,15)16/h3,5-6,9,12H,2,4,7-8,17H2,1H3/t12-/m0/s1. The summed E-state index contributed by atoms with van der Waals surface area (Å²) >= 11 is 0. The average Bonchev–Trinajstić information content (AvgIpc) is 2.28. The van der Waals surface area contributed by atoms with E-state index in [2.05, 4.69) is 6.92 Å². The van der Waals surface area contributed by atoms with Gasteiger partial charge in [-0.05, 0) is 36.8 Å². The zero-order valence-electron chi connectivity index (χ0n) is 9.93. The molecular weight excluding hydrogens is 227 g/mol. The van der Waals surface area contributed by atoms with E-state index in [-0.39, 0.29) is 6.42 Å². The van der Waals surface area contributed by atoms with Crippen LogP contribution in [0, 0.1) is 0 Å². The molecular formula is C13H18F3N. The molecule has 17 heavy (non-hydrogen) atoms. The minimum absolute atomic E-state index is 0.0140. The molecule has 0 bridgehead atoms. The molecule has 1 rings (SSSR count). The van der Waals surface area contributed by atoms with Crippen molar-refractivity contribution in [3.63, 3.8) is 0 Å². The van der Waals surface area contributed by atoms with Gasteiger partial charge in [0.2, 0.25) is 0 Å². The number of alkyl halides is 3. The van der Waals surface area contributed by atoms with Crippen LogP contribution in [-0.2, 0) is 12.8 Å². The topological polar surface area (TPSA) is 26.0 Å². The van der Waals surface area contributed by atoms with Crippen molar-refractivity contribution in [2.75, 3.05) is 0 Å². The van der Waals surface area contributed by atoms with Gasteiger partial charge in [-0.25, -0.2) is 0 Å². The van der Waals surface area contributed by atoms with Crippen molar-refractivity contribution < 1.29 is 13.2 Å². The molecule has 0 aromatic heterocycles. The average molecular weight is 245 g/mol. The van der Waals surface area contributed by atoms with Gasteiger partial charge in [-0.2, -0.15) is 13.2 Å². The minimum Gasteiger partial charge on any atom is -0.320 e. The molecule has 0 aliphatic rings. The van der Waals surface area contributed by atoms with E-state index in [1.54, 1.807) is 0 Å². The summed E-state index contributed by atoms with van der Waals surface area (Å²) < 4.78 is 36.5. The fourth-order valence-corrected chi connectivity index (χ4v) is 1.69. The van der Waals surface area contributed by atoms with Crippen molar-refractivity contribution >= 4 is 0 Å². The van der Waals surface area contributed by atoms with E-state index in [0.29, 0.717) is 12.8 Å². The molecule has 0 fully saturated rings. The lowest BCUT2D eigenvalue weighted by Gasteiger charge is -2.15. The maximum atomic E-state index is 12.2. The third kappa shape index (κ3) is 4.77. The van der Waals surface area contributed by atoms with E-state index in [9.17, 15) is 13.2 Å². The first-order chi connectivity index (χ1) is 7.93. The molecule has 0 spiro atoms. The van der Waals surface area contributed by atoms with E-state index >= 15 is 0 Å². The normalized spacial score (nSPS) is 13.7. The quantitative estimate of drug-likeness (QED) is 0.844. The van der Waals surface area contributed by atoms with Gasteiger partial charge in [0, 0.05) is 0 Å². The summed E-state index contributed by atoms with van der Waals surface area (Å²) in [7, 11) is 0. The number of aryl methyl sites for hydroxylation is 2. The van der Waals surface area contributed by atoms with Crippen molar-refractivity contribution in [1.82, 2.24) is 0 Å². The second-order valence-corrected chi connectivity index (χ2v) is 4.21. The van der Waals surface area contributed by atoms with E-state index in [1.807, 2.05) is 24.3 Å². The monoisotopic (exact) mass is 245 g/mol. The zero-order chi connectivity index (χ0) is 12.9. The van der Waals surface area contributed by atoms with Gasteiger partial charge in [0.05, 0.1) is 0 Å². The molecule has 0 aliphatic carbocycles. The van der Waals surface area contributed by atoms with Gasteiger partial charge in [0.15, 0.2) is 0 Å². The van der Waals surface area contributed by atoms with E-state index < -0.39 is 12.2 Å². The lowest BCUT2D eigenvalue weighted by atomic mass is 10.0. The summed E-state index contributed by atoms with van der Waals surface area (Å²) in [5.74, 6) is 0. The molecule has 1 aromatic carbocycles. The largest absolute Gasteiger partial charge is 0.403 e. The number of rotatable bonds is 5. The second kappa shape index (κ2) is 6.05. The molecule has 1 atom stereocenters. The van der Waals surface area contributed by atoms with Crippen LogP contribution >= 0.6 is 0 Å². The Labute approximate surface area is 99.8 Å². The van der Waals surface area contributed by atoms with Gasteiger partial charge in [0.25, 0.3) is 0 Å². The summed E-state index contributed by atoms with van der Waals surface area (Å²) in [4.78, 5) is 0. The van der Waals surface area contributed by atoms with Crippen molar-refractivity contribution in [1.29, 1.82) is 0 Å². The number of halogens is 3. The Morgan fingerprint density at radius 2 is 1.88 bits per heavy atom. The second-order valence-electron chi connectivity index (χ2n) is 4.21. The maximum absolute atomic E-state index is 12.2. The van der Waals surface area contributed by atoms with Crippen LogP contribution in [0.2, 0.25) is 0 Å². The Bertz CT molecular complexity index is 347. The van der Waals surface area contributed by atoms with Crippen LogP contribution in [0.3, 0.4) is 0 Å². The van der Waals surface area contributed by atoms with Gasteiger partial charge in [-0.1, -0.05) is 31.2 Å². The molecule has 0 heterocycles. The summed E-state index contributed by atoms with van der Waals surface area (Å²) in [6.07, 6.45) is -2.23. The third-order valence-electron chi connectivity index (χ3n) is 2.80. The first-order valence-corrected chi connectivity index (χ1v) is 5.83. The predicted molar refractivity (Wildman–Crippen MR) is 62.8 cm³/mol. The number of hydrogen-bond donors (Lipinski definition) is 1. The molecule has 0 radical (unpaired) electrons. The molecule has 96 valence electrons. The highest BCUT2D eigenvalue weighted by atomic mass is 19.4. The molecule has 0 unspecified atom stereocenters. The number of hydrogen-bond acceptors (Lipinski definition) is 1. The first kappa shape index (κ1) is 14.0. The van der Waals surface area contributed by atoms with E-state index in [0.717, 1.165) is 12.0 Å². The van der Waals surface area contributed by atoms with Gasteiger partial charge >= 0.3 is 6.18 Å². The van der Waals surface area contributed by atoms with E-state index in [1.165, 1.54) is 5.56 Å². The van der Waals surface area contributed by atoms with Crippen LogP contribution in [0.4, 0.5) is 13.2 Å². The van der Waals surface area contributed by atoms with Crippen LogP contribution in [-0.4, -0.2) is 12.2 Å². The van der Waals surface area contributed by atoms with Crippen molar-refractivity contribution in [3.05, 3.63) is 35.4 Å². The van der Waals surface area contributed by atoms with Gasteiger partial charge in [-0.15, -0.1) is 0 Å². The molecule has 2 N–H and O–H groups in total. The number of nitrogens with two attached hydrogens (primary N) is 1. The molecule has 0 saturated carbocycles. The Morgan fingerprint density at radius 3 is 2.47 bits per heavy atom. The summed E-state index contributed by atoms with van der Waals surface area (Å²) in [6, 6.07) is 6.25. The number of benzene rings is 1. The highest BCUT2D eigenvalue weighted by Crippen LogP contribution is 2.22. The summed E-state index contributed by atoms with van der Waals surface area (Å²) in [6.45, 7) is 2.05. The van der Waals surface area contributed by atoms with Crippen LogP contribution in [0.25, 0.3) is 0 Å². The Kier molecular flexibility index (Phi) is 5.00. The molecule has 4 heteroatoms. The van der Waals surface area contributed by atoms with Gasteiger partial charge in [-0.3, -0.25) is 0 Å². The van der Waals surface area contributed by atoms with Crippen LogP contribution in [0.1, 0.15) is 30.9 Å². The predicted octanol–water partition coefficient (Wildman–Crippen LogP) is 3.46. The highest BCUT2D eigenvalue weighted by Gasteiger charge is 2.35. The summed E-state index contributed by atoms with van der Waals surface area (Å²) in [5, 5.41) is 0. The van der Waals surface area contributed by atoms with Crippen LogP contribution in [0.5, 0.6) is 0 Å². The minimum atomic E-state index is -4.27. The molecule has 0 saturated heterocycles. The van der Waals surface area contributed by atoms with Crippen molar-refractivity contribution in [3.8, 4) is 0 Å². The van der Waals surface area contributed by atoms with Crippen LogP contribution in [0.15, 0.2) is 24.3 Å². The van der Waals surface area contributed by atoms with Crippen molar-refractivity contribution in [2.45, 2.75) is 44.8 Å². The maximum Gasteiger partial charge on any atom is 0.403 e. The lowest BCUT2D eigenvalue weighted by Crippen LogP contribution is -2.37. The Morgan fingerprint density at radius 1 is 1.24 bits per heavy atom. The SMILES string of the molecule is CCc1cccc(CCC[C@H](N)C(F)(F)F)c1. The first-order valence-electron chi connectivity index (χ1n) is 5.83. The van der Waals surface area contributed by atoms with Gasteiger partial charge < -0.3 is 5.73 Å². The Hall–Kier alpha value is -1.03. The van der Waals surface area contributed by atoms with E-state index in [4.69, 9.17) is 5.73 Å².